The molecular formula is C18H27BN2O4. The molecule has 1 aliphatic heterocycles. The fourth-order valence-electron chi connectivity index (χ4n) is 2.99. The van der Waals surface area contributed by atoms with Gasteiger partial charge in [0.15, 0.2) is 0 Å². The zero-order valence-corrected chi connectivity index (χ0v) is 15.2. The second kappa shape index (κ2) is 8.02. The van der Waals surface area contributed by atoms with E-state index < -0.39 is 13.1 Å². The average molecular weight is 346 g/mol. The van der Waals surface area contributed by atoms with E-state index in [0.29, 0.717) is 19.5 Å². The summed E-state index contributed by atoms with van der Waals surface area (Å²) in [6, 6.07) is 7.70. The molecule has 0 aromatic heterocycles. The number of aryl methyl sites for hydroxylation is 1. The summed E-state index contributed by atoms with van der Waals surface area (Å²) in [5, 5.41) is 21.7. The van der Waals surface area contributed by atoms with E-state index in [1.54, 1.807) is 4.90 Å². The summed E-state index contributed by atoms with van der Waals surface area (Å²) in [4.78, 5) is 26.0. The molecule has 7 heteroatoms. The number of carbonyl (C=O) groups excluding carboxylic acids is 2. The van der Waals surface area contributed by atoms with Gasteiger partial charge in [0, 0.05) is 24.9 Å². The average Bonchev–Trinajstić information content (AvgIpc) is 2.80. The lowest BCUT2D eigenvalue weighted by molar-refractivity contribution is -0.135. The van der Waals surface area contributed by atoms with Gasteiger partial charge in [-0.1, -0.05) is 43.7 Å². The van der Waals surface area contributed by atoms with Crippen molar-refractivity contribution in [2.24, 2.45) is 5.41 Å². The fourth-order valence-corrected chi connectivity index (χ4v) is 2.99. The molecule has 0 spiro atoms. The predicted octanol–water partition coefficient (Wildman–Crippen LogP) is 0.683. The van der Waals surface area contributed by atoms with Gasteiger partial charge in [-0.05, 0) is 25.3 Å². The molecule has 1 unspecified atom stereocenters. The molecule has 1 fully saturated rings. The zero-order valence-electron chi connectivity index (χ0n) is 15.2. The third-order valence-electron chi connectivity index (χ3n) is 4.76. The van der Waals surface area contributed by atoms with Crippen LogP contribution in [0.4, 0.5) is 0 Å². The van der Waals surface area contributed by atoms with Crippen molar-refractivity contribution in [1.82, 2.24) is 10.2 Å². The second-order valence-corrected chi connectivity index (χ2v) is 7.45. The van der Waals surface area contributed by atoms with Crippen molar-refractivity contribution >= 4 is 18.9 Å². The van der Waals surface area contributed by atoms with Gasteiger partial charge in [0.1, 0.15) is 0 Å². The standard InChI is InChI=1S/C18H27BN2O4/c1-13-4-6-14(7-5-13)12-15(19(24)25)20-16(22)8-10-21-11-9-18(2,3)17(21)23/h4-7,15,24-25H,8-12H2,1-3H3,(H,20,22). The van der Waals surface area contributed by atoms with Gasteiger partial charge in [-0.25, -0.2) is 0 Å². The number of amides is 2. The van der Waals surface area contributed by atoms with Gasteiger partial charge in [0.2, 0.25) is 11.8 Å². The lowest BCUT2D eigenvalue weighted by Crippen LogP contribution is -2.48. The number of nitrogens with one attached hydrogen (secondary N) is 1. The summed E-state index contributed by atoms with van der Waals surface area (Å²) in [6.07, 6.45) is 1.27. The van der Waals surface area contributed by atoms with E-state index in [9.17, 15) is 19.6 Å². The number of rotatable bonds is 7. The first-order valence-electron chi connectivity index (χ1n) is 8.69. The largest absolute Gasteiger partial charge is 0.475 e. The Bertz CT molecular complexity index is 616. The number of carbonyl (C=O) groups is 2. The first-order valence-corrected chi connectivity index (χ1v) is 8.69. The SMILES string of the molecule is Cc1ccc(CC(NC(=O)CCN2CCC(C)(C)C2=O)B(O)O)cc1. The molecule has 1 aromatic carbocycles. The molecule has 2 rings (SSSR count). The van der Waals surface area contributed by atoms with Gasteiger partial charge in [-0.2, -0.15) is 0 Å². The first-order chi connectivity index (χ1) is 11.7. The third kappa shape index (κ3) is 5.31. The van der Waals surface area contributed by atoms with Crippen molar-refractivity contribution in [1.29, 1.82) is 0 Å². The van der Waals surface area contributed by atoms with Crippen molar-refractivity contribution in [3.63, 3.8) is 0 Å². The van der Waals surface area contributed by atoms with Crippen LogP contribution in [0.2, 0.25) is 0 Å². The molecule has 136 valence electrons. The summed E-state index contributed by atoms with van der Waals surface area (Å²) >= 11 is 0. The Kier molecular flexibility index (Phi) is 6.24. The van der Waals surface area contributed by atoms with E-state index in [-0.39, 0.29) is 23.7 Å². The van der Waals surface area contributed by atoms with Gasteiger partial charge >= 0.3 is 7.12 Å². The highest BCUT2D eigenvalue weighted by atomic mass is 16.4. The molecule has 0 bridgehead atoms. The molecule has 0 saturated carbocycles. The van der Waals surface area contributed by atoms with E-state index in [4.69, 9.17) is 0 Å². The Labute approximate surface area is 149 Å². The van der Waals surface area contributed by atoms with E-state index in [0.717, 1.165) is 17.5 Å². The van der Waals surface area contributed by atoms with Crippen molar-refractivity contribution in [2.75, 3.05) is 13.1 Å². The fraction of sp³-hybridized carbons (Fsp3) is 0.556. The Hall–Kier alpha value is -1.86. The number of hydrogen-bond acceptors (Lipinski definition) is 4. The number of hydrogen-bond donors (Lipinski definition) is 3. The summed E-state index contributed by atoms with van der Waals surface area (Å²) < 4.78 is 0. The minimum absolute atomic E-state index is 0.0682. The molecule has 1 heterocycles. The van der Waals surface area contributed by atoms with Crippen LogP contribution in [-0.4, -0.2) is 52.9 Å². The topological polar surface area (TPSA) is 89.9 Å². The highest BCUT2D eigenvalue weighted by Crippen LogP contribution is 2.30. The van der Waals surface area contributed by atoms with Crippen LogP contribution in [0.3, 0.4) is 0 Å². The molecule has 1 saturated heterocycles. The van der Waals surface area contributed by atoms with Crippen molar-refractivity contribution in [3.8, 4) is 0 Å². The van der Waals surface area contributed by atoms with Crippen LogP contribution in [0, 0.1) is 12.3 Å². The minimum atomic E-state index is -1.64. The Morgan fingerprint density at radius 1 is 1.32 bits per heavy atom. The maximum Gasteiger partial charge on any atom is 0.475 e. The Morgan fingerprint density at radius 3 is 2.48 bits per heavy atom. The highest BCUT2D eigenvalue weighted by Gasteiger charge is 2.38. The number of likely N-dealkylation sites (tertiary alicyclic amines) is 1. The molecule has 1 atom stereocenters. The molecule has 0 aliphatic carbocycles. The van der Waals surface area contributed by atoms with Gasteiger partial charge in [-0.3, -0.25) is 9.59 Å². The van der Waals surface area contributed by atoms with Crippen LogP contribution < -0.4 is 5.32 Å². The van der Waals surface area contributed by atoms with Crippen LogP contribution in [0.25, 0.3) is 0 Å². The zero-order chi connectivity index (χ0) is 18.6. The smallest absolute Gasteiger partial charge is 0.426 e. The number of nitrogens with zero attached hydrogens (tertiary/aromatic N) is 1. The molecule has 0 radical (unpaired) electrons. The highest BCUT2D eigenvalue weighted by molar-refractivity contribution is 6.43. The van der Waals surface area contributed by atoms with Gasteiger partial charge in [0.05, 0.1) is 5.94 Å². The maximum absolute atomic E-state index is 12.2. The van der Waals surface area contributed by atoms with E-state index >= 15 is 0 Å². The number of benzene rings is 1. The third-order valence-corrected chi connectivity index (χ3v) is 4.76. The summed E-state index contributed by atoms with van der Waals surface area (Å²) in [5.41, 5.74) is 1.68. The molecule has 1 aromatic rings. The quantitative estimate of drug-likeness (QED) is 0.634. The lowest BCUT2D eigenvalue weighted by atomic mass is 9.76. The van der Waals surface area contributed by atoms with E-state index in [1.807, 2.05) is 45.0 Å². The van der Waals surface area contributed by atoms with Crippen molar-refractivity contribution in [2.45, 2.75) is 46.0 Å². The van der Waals surface area contributed by atoms with E-state index in [1.165, 1.54) is 0 Å². The van der Waals surface area contributed by atoms with Gasteiger partial charge in [-0.15, -0.1) is 0 Å². The summed E-state index contributed by atoms with van der Waals surface area (Å²) in [7, 11) is -1.64. The molecular weight excluding hydrogens is 319 g/mol. The Balaban J connectivity index is 1.86. The van der Waals surface area contributed by atoms with Crippen LogP contribution >= 0.6 is 0 Å². The molecule has 1 aliphatic rings. The monoisotopic (exact) mass is 346 g/mol. The summed E-state index contributed by atoms with van der Waals surface area (Å²) in [6.45, 7) is 6.82. The molecule has 6 nitrogen and oxygen atoms in total. The van der Waals surface area contributed by atoms with Crippen LogP contribution in [0.15, 0.2) is 24.3 Å². The van der Waals surface area contributed by atoms with Crippen LogP contribution in [0.5, 0.6) is 0 Å². The lowest BCUT2D eigenvalue weighted by Gasteiger charge is -2.21. The maximum atomic E-state index is 12.2. The van der Waals surface area contributed by atoms with Gasteiger partial charge in [0.25, 0.3) is 0 Å². The molecule has 25 heavy (non-hydrogen) atoms. The predicted molar refractivity (Wildman–Crippen MR) is 96.6 cm³/mol. The van der Waals surface area contributed by atoms with Crippen LogP contribution in [-0.2, 0) is 16.0 Å². The van der Waals surface area contributed by atoms with Crippen molar-refractivity contribution < 1.29 is 19.6 Å². The summed E-state index contributed by atoms with van der Waals surface area (Å²) in [5.74, 6) is -0.998. The first kappa shape index (κ1) is 19.5. The van der Waals surface area contributed by atoms with Crippen molar-refractivity contribution in [3.05, 3.63) is 35.4 Å². The normalized spacial score (nSPS) is 17.5. The second-order valence-electron chi connectivity index (χ2n) is 7.45. The van der Waals surface area contributed by atoms with Gasteiger partial charge < -0.3 is 20.3 Å². The molecule has 2 amide bonds. The van der Waals surface area contributed by atoms with E-state index in [2.05, 4.69) is 5.32 Å². The Morgan fingerprint density at radius 2 is 1.96 bits per heavy atom. The van der Waals surface area contributed by atoms with Crippen LogP contribution in [0.1, 0.15) is 37.8 Å². The minimum Gasteiger partial charge on any atom is -0.426 e. The molecule has 3 N–H and O–H groups in total.